The first kappa shape index (κ1) is 19.1. The Morgan fingerprint density at radius 3 is 1.31 bits per heavy atom. The SMILES string of the molecule is CC[Si](CC)(CC)c1ccc(P(c2ccccc2)c2ccccc2)cc1. The first-order valence-electron chi connectivity index (χ1n) is 9.75. The van der Waals surface area contributed by atoms with Crippen LogP contribution in [0.25, 0.3) is 0 Å². The van der Waals surface area contributed by atoms with Crippen molar-refractivity contribution in [2.24, 2.45) is 0 Å². The Bertz CT molecular complexity index is 745. The summed E-state index contributed by atoms with van der Waals surface area (Å²) >= 11 is 0. The van der Waals surface area contributed by atoms with Gasteiger partial charge in [-0.25, -0.2) is 0 Å². The standard InChI is InChI=1S/C24H29PSi/c1-4-26(5-2,6-3)24-19-17-23(18-20-24)25(21-13-9-7-10-14-21)22-15-11-8-12-16-22/h7-20H,4-6H2,1-3H3. The van der Waals surface area contributed by atoms with Gasteiger partial charge in [0.25, 0.3) is 0 Å². The van der Waals surface area contributed by atoms with Crippen LogP contribution >= 0.6 is 7.92 Å². The quantitative estimate of drug-likeness (QED) is 0.395. The van der Waals surface area contributed by atoms with Crippen molar-refractivity contribution in [1.82, 2.24) is 0 Å². The summed E-state index contributed by atoms with van der Waals surface area (Å²) in [6.07, 6.45) is 0. The van der Waals surface area contributed by atoms with Crippen LogP contribution in [0.15, 0.2) is 84.9 Å². The molecule has 134 valence electrons. The van der Waals surface area contributed by atoms with Gasteiger partial charge in [-0.2, -0.15) is 0 Å². The van der Waals surface area contributed by atoms with Gasteiger partial charge in [0.1, 0.15) is 0 Å². The number of hydrogen-bond donors (Lipinski definition) is 0. The average molecular weight is 377 g/mol. The Balaban J connectivity index is 2.03. The first-order chi connectivity index (χ1) is 12.7. The van der Waals surface area contributed by atoms with Gasteiger partial charge in [-0.3, -0.25) is 0 Å². The van der Waals surface area contributed by atoms with Crippen LogP contribution < -0.4 is 21.1 Å². The highest BCUT2D eigenvalue weighted by atomic mass is 31.1. The van der Waals surface area contributed by atoms with E-state index in [0.29, 0.717) is 0 Å². The van der Waals surface area contributed by atoms with E-state index >= 15 is 0 Å². The van der Waals surface area contributed by atoms with E-state index in [1.54, 1.807) is 5.19 Å². The maximum Gasteiger partial charge on any atom is 0.0859 e. The van der Waals surface area contributed by atoms with Gasteiger partial charge in [-0.05, 0) is 23.8 Å². The molecule has 0 aliphatic carbocycles. The predicted molar refractivity (Wildman–Crippen MR) is 122 cm³/mol. The van der Waals surface area contributed by atoms with E-state index in [1.165, 1.54) is 34.0 Å². The molecule has 0 aromatic heterocycles. The van der Waals surface area contributed by atoms with Crippen LogP contribution in [0, 0.1) is 0 Å². The van der Waals surface area contributed by atoms with Crippen LogP contribution in [-0.2, 0) is 0 Å². The van der Waals surface area contributed by atoms with Crippen LogP contribution in [0.5, 0.6) is 0 Å². The molecule has 3 aromatic rings. The van der Waals surface area contributed by atoms with Gasteiger partial charge >= 0.3 is 0 Å². The predicted octanol–water partition coefficient (Wildman–Crippen LogP) is 5.16. The maximum atomic E-state index is 2.44. The molecule has 3 rings (SSSR count). The summed E-state index contributed by atoms with van der Waals surface area (Å²) in [6, 6.07) is 35.7. The summed E-state index contributed by atoms with van der Waals surface area (Å²) in [6.45, 7) is 7.15. The molecular formula is C24H29PSi. The lowest BCUT2D eigenvalue weighted by molar-refractivity contribution is 1.19. The van der Waals surface area contributed by atoms with Crippen molar-refractivity contribution < 1.29 is 0 Å². The largest absolute Gasteiger partial charge is 0.0859 e. The molecule has 0 amide bonds. The molecule has 26 heavy (non-hydrogen) atoms. The van der Waals surface area contributed by atoms with Gasteiger partial charge in [-0.15, -0.1) is 0 Å². The van der Waals surface area contributed by atoms with Crippen molar-refractivity contribution >= 4 is 37.1 Å². The van der Waals surface area contributed by atoms with Gasteiger partial charge < -0.3 is 0 Å². The number of rotatable bonds is 7. The second-order valence-electron chi connectivity index (χ2n) is 6.89. The monoisotopic (exact) mass is 376 g/mol. The first-order valence-corrected chi connectivity index (χ1v) is 13.7. The van der Waals surface area contributed by atoms with E-state index in [-0.39, 0.29) is 0 Å². The molecule has 0 bridgehead atoms. The second kappa shape index (κ2) is 8.80. The summed E-state index contributed by atoms with van der Waals surface area (Å²) in [5.74, 6) is 0. The smallest absolute Gasteiger partial charge is 0.0675 e. The molecule has 0 atom stereocenters. The van der Waals surface area contributed by atoms with Crippen molar-refractivity contribution in [2.75, 3.05) is 0 Å². The minimum absolute atomic E-state index is 0.492. The van der Waals surface area contributed by atoms with Crippen molar-refractivity contribution in [3.8, 4) is 0 Å². The fourth-order valence-corrected chi connectivity index (χ4v) is 9.81. The minimum Gasteiger partial charge on any atom is -0.0675 e. The van der Waals surface area contributed by atoms with E-state index in [9.17, 15) is 0 Å². The van der Waals surface area contributed by atoms with Crippen LogP contribution in [0.1, 0.15) is 20.8 Å². The van der Waals surface area contributed by atoms with Crippen LogP contribution in [0.3, 0.4) is 0 Å². The van der Waals surface area contributed by atoms with Gasteiger partial charge in [0.2, 0.25) is 0 Å². The summed E-state index contributed by atoms with van der Waals surface area (Å²) in [4.78, 5) is 0. The molecule has 0 spiro atoms. The third-order valence-electron chi connectivity index (χ3n) is 5.80. The third kappa shape index (κ3) is 3.85. The highest BCUT2D eigenvalue weighted by molar-refractivity contribution is 7.79. The van der Waals surface area contributed by atoms with E-state index < -0.39 is 16.0 Å². The van der Waals surface area contributed by atoms with Crippen molar-refractivity contribution in [1.29, 1.82) is 0 Å². The zero-order valence-corrected chi connectivity index (χ0v) is 18.0. The lowest BCUT2D eigenvalue weighted by Gasteiger charge is -2.29. The molecule has 0 saturated heterocycles. The van der Waals surface area contributed by atoms with Crippen molar-refractivity contribution in [3.05, 3.63) is 84.9 Å². The van der Waals surface area contributed by atoms with Gasteiger partial charge in [0.15, 0.2) is 0 Å². The Morgan fingerprint density at radius 2 is 0.923 bits per heavy atom. The van der Waals surface area contributed by atoms with E-state index in [4.69, 9.17) is 0 Å². The third-order valence-corrected chi connectivity index (χ3v) is 13.9. The molecule has 0 fully saturated rings. The zero-order valence-electron chi connectivity index (χ0n) is 16.2. The zero-order chi connectivity index (χ0) is 18.4. The highest BCUT2D eigenvalue weighted by Crippen LogP contribution is 2.32. The Hall–Kier alpha value is -1.69. The minimum atomic E-state index is -1.30. The highest BCUT2D eigenvalue weighted by Gasteiger charge is 2.29. The van der Waals surface area contributed by atoms with Gasteiger partial charge in [0, 0.05) is 0 Å². The topological polar surface area (TPSA) is 0 Å². The van der Waals surface area contributed by atoms with Crippen molar-refractivity contribution in [3.63, 3.8) is 0 Å². The fraction of sp³-hybridized carbons (Fsp3) is 0.250. The van der Waals surface area contributed by atoms with Gasteiger partial charge in [-0.1, -0.05) is 129 Å². The average Bonchev–Trinajstić information content (AvgIpc) is 2.73. The number of benzene rings is 3. The Kier molecular flexibility index (Phi) is 6.46. The molecule has 0 aliphatic heterocycles. The molecule has 0 heterocycles. The summed E-state index contributed by atoms with van der Waals surface area (Å²) in [7, 11) is -1.79. The fourth-order valence-electron chi connectivity index (χ4n) is 3.93. The lowest BCUT2D eigenvalue weighted by Crippen LogP contribution is -2.46. The normalized spacial score (nSPS) is 11.7. The molecule has 0 N–H and O–H groups in total. The van der Waals surface area contributed by atoms with Gasteiger partial charge in [0.05, 0.1) is 8.07 Å². The summed E-state index contributed by atoms with van der Waals surface area (Å²) < 4.78 is 0. The van der Waals surface area contributed by atoms with Crippen LogP contribution in [0.2, 0.25) is 18.1 Å². The molecule has 0 radical (unpaired) electrons. The molecule has 0 nitrogen and oxygen atoms in total. The molecule has 3 aromatic carbocycles. The summed E-state index contributed by atoms with van der Waals surface area (Å²) in [5, 5.41) is 5.93. The van der Waals surface area contributed by atoms with Crippen LogP contribution in [0.4, 0.5) is 0 Å². The molecule has 0 aliphatic rings. The molecule has 0 saturated carbocycles. The van der Waals surface area contributed by atoms with E-state index in [2.05, 4.69) is 106 Å². The lowest BCUT2D eigenvalue weighted by atomic mass is 10.3. The van der Waals surface area contributed by atoms with Crippen LogP contribution in [-0.4, -0.2) is 8.07 Å². The van der Waals surface area contributed by atoms with E-state index in [0.717, 1.165) is 0 Å². The molecule has 2 heteroatoms. The molecule has 0 unspecified atom stereocenters. The second-order valence-corrected chi connectivity index (χ2v) is 14.4. The van der Waals surface area contributed by atoms with E-state index in [1.807, 2.05) is 0 Å². The number of hydrogen-bond acceptors (Lipinski definition) is 0. The molecular weight excluding hydrogens is 347 g/mol. The maximum absolute atomic E-state index is 2.44. The summed E-state index contributed by atoms with van der Waals surface area (Å²) in [5.41, 5.74) is 0. The van der Waals surface area contributed by atoms with Crippen molar-refractivity contribution in [2.45, 2.75) is 38.9 Å². The Morgan fingerprint density at radius 1 is 0.538 bits per heavy atom. The Labute approximate surface area is 161 Å².